The summed E-state index contributed by atoms with van der Waals surface area (Å²) in [5.41, 5.74) is 3.29. The lowest BCUT2D eigenvalue weighted by Crippen LogP contribution is -2.28. The van der Waals surface area contributed by atoms with Gasteiger partial charge in [0, 0.05) is 39.6 Å². The van der Waals surface area contributed by atoms with E-state index in [-0.39, 0.29) is 0 Å². The second kappa shape index (κ2) is 7.37. The molecule has 2 aromatic heterocycles. The maximum absolute atomic E-state index is 13.7. The van der Waals surface area contributed by atoms with E-state index >= 15 is 0 Å². The first kappa shape index (κ1) is 18.7. The summed E-state index contributed by atoms with van der Waals surface area (Å²) in [6.45, 7) is 2.21. The molecule has 3 N–H and O–H groups in total. The minimum atomic E-state index is -0.584. The van der Waals surface area contributed by atoms with Crippen molar-refractivity contribution in [1.82, 2.24) is 15.3 Å². The Morgan fingerprint density at radius 2 is 2.00 bits per heavy atom. The van der Waals surface area contributed by atoms with Crippen LogP contribution in [0.2, 0.25) is 10.0 Å². The van der Waals surface area contributed by atoms with Gasteiger partial charge in [-0.25, -0.2) is 9.18 Å². The number of benzene rings is 2. The van der Waals surface area contributed by atoms with Crippen molar-refractivity contribution in [2.45, 2.75) is 13.3 Å². The summed E-state index contributed by atoms with van der Waals surface area (Å²) in [4.78, 5) is 18.2. The van der Waals surface area contributed by atoms with E-state index in [0.29, 0.717) is 39.8 Å². The standard InChI is InChI=1S/C20H16Cl2FN3O2/c1-10-14(15-8-13(23)9-16(22)19(15)25-10)4-5-24-20(27)28-18-7-11-6-12(21)2-3-17(11)26-18/h2-3,6-9,25-26H,4-5H2,1H3,(H,24,27). The van der Waals surface area contributed by atoms with Crippen LogP contribution >= 0.6 is 23.2 Å². The third-order valence-corrected chi connectivity index (χ3v) is 5.08. The highest BCUT2D eigenvalue weighted by Gasteiger charge is 2.13. The van der Waals surface area contributed by atoms with Crippen LogP contribution in [0.15, 0.2) is 36.4 Å². The number of H-pyrrole nitrogens is 2. The molecule has 8 heteroatoms. The van der Waals surface area contributed by atoms with Crippen molar-refractivity contribution >= 4 is 51.1 Å². The van der Waals surface area contributed by atoms with Gasteiger partial charge in [0.25, 0.3) is 0 Å². The zero-order chi connectivity index (χ0) is 19.8. The number of aromatic nitrogens is 2. The largest absolute Gasteiger partial charge is 0.413 e. The second-order valence-corrected chi connectivity index (χ2v) is 7.31. The summed E-state index contributed by atoms with van der Waals surface area (Å²) in [7, 11) is 0. The molecule has 0 aliphatic heterocycles. The highest BCUT2D eigenvalue weighted by molar-refractivity contribution is 6.35. The van der Waals surface area contributed by atoms with Gasteiger partial charge in [-0.3, -0.25) is 0 Å². The Bertz CT molecular complexity index is 1200. The number of halogens is 3. The smallest absolute Gasteiger partial charge is 0.393 e. The molecular weight excluding hydrogens is 404 g/mol. The van der Waals surface area contributed by atoms with Crippen LogP contribution in [0.3, 0.4) is 0 Å². The maximum atomic E-state index is 13.7. The van der Waals surface area contributed by atoms with Crippen molar-refractivity contribution in [3.8, 4) is 5.88 Å². The first-order chi connectivity index (χ1) is 13.4. The number of nitrogens with one attached hydrogen (secondary N) is 3. The van der Waals surface area contributed by atoms with Gasteiger partial charge in [0.2, 0.25) is 5.88 Å². The molecule has 5 nitrogen and oxygen atoms in total. The average molecular weight is 420 g/mol. The molecule has 0 saturated heterocycles. The van der Waals surface area contributed by atoms with E-state index in [2.05, 4.69) is 15.3 Å². The normalized spacial score (nSPS) is 11.3. The van der Waals surface area contributed by atoms with Crippen molar-refractivity contribution in [1.29, 1.82) is 0 Å². The summed E-state index contributed by atoms with van der Waals surface area (Å²) >= 11 is 12.0. The van der Waals surface area contributed by atoms with Crippen molar-refractivity contribution in [2.24, 2.45) is 0 Å². The molecule has 4 rings (SSSR count). The summed E-state index contributed by atoms with van der Waals surface area (Å²) in [5.74, 6) is -0.0732. The minimum absolute atomic E-state index is 0.326. The van der Waals surface area contributed by atoms with Crippen LogP contribution in [-0.2, 0) is 6.42 Å². The monoisotopic (exact) mass is 419 g/mol. The van der Waals surface area contributed by atoms with E-state index in [1.165, 1.54) is 12.1 Å². The van der Waals surface area contributed by atoms with Gasteiger partial charge in [-0.2, -0.15) is 0 Å². The third kappa shape index (κ3) is 3.66. The molecule has 0 bridgehead atoms. The summed E-state index contributed by atoms with van der Waals surface area (Å²) in [6.07, 6.45) is -0.0809. The quantitative estimate of drug-likeness (QED) is 0.394. The van der Waals surface area contributed by atoms with Gasteiger partial charge in [0.05, 0.1) is 10.5 Å². The summed E-state index contributed by atoms with van der Waals surface area (Å²) in [5, 5.41) is 5.20. The summed E-state index contributed by atoms with van der Waals surface area (Å²) < 4.78 is 19.0. The van der Waals surface area contributed by atoms with Gasteiger partial charge in [0.1, 0.15) is 5.82 Å². The van der Waals surface area contributed by atoms with E-state index in [9.17, 15) is 9.18 Å². The van der Waals surface area contributed by atoms with Gasteiger partial charge < -0.3 is 20.0 Å². The SMILES string of the molecule is Cc1[nH]c2c(Cl)cc(F)cc2c1CCNC(=O)Oc1cc2cc(Cl)ccc2[nH]1. The molecule has 144 valence electrons. The topological polar surface area (TPSA) is 69.9 Å². The van der Waals surface area contributed by atoms with Crippen LogP contribution < -0.4 is 10.1 Å². The third-order valence-electron chi connectivity index (χ3n) is 4.55. The lowest BCUT2D eigenvalue weighted by molar-refractivity contribution is 0.199. The number of rotatable bonds is 4. The van der Waals surface area contributed by atoms with Crippen LogP contribution in [0.4, 0.5) is 9.18 Å². The van der Waals surface area contributed by atoms with Crippen molar-refractivity contribution < 1.29 is 13.9 Å². The molecule has 1 amide bonds. The molecular formula is C20H16Cl2FN3O2. The predicted octanol–water partition coefficient (Wildman–Crippen LogP) is 5.73. The lowest BCUT2D eigenvalue weighted by Gasteiger charge is -2.06. The lowest BCUT2D eigenvalue weighted by atomic mass is 10.1. The number of aryl methyl sites for hydroxylation is 1. The van der Waals surface area contributed by atoms with E-state index in [4.69, 9.17) is 27.9 Å². The van der Waals surface area contributed by atoms with Crippen LogP contribution in [0, 0.1) is 12.7 Å². The maximum Gasteiger partial charge on any atom is 0.413 e. The molecule has 0 saturated carbocycles. The van der Waals surface area contributed by atoms with E-state index in [1.54, 1.807) is 18.2 Å². The number of hydrogen-bond donors (Lipinski definition) is 3. The van der Waals surface area contributed by atoms with Crippen molar-refractivity contribution in [2.75, 3.05) is 6.54 Å². The van der Waals surface area contributed by atoms with Crippen molar-refractivity contribution in [3.63, 3.8) is 0 Å². The van der Waals surface area contributed by atoms with E-state index < -0.39 is 11.9 Å². The number of aromatic amines is 2. The highest BCUT2D eigenvalue weighted by atomic mass is 35.5. The average Bonchev–Trinajstić information content (AvgIpc) is 3.15. The number of carbonyl (C=O) groups is 1. The molecule has 0 radical (unpaired) electrons. The van der Waals surface area contributed by atoms with Gasteiger partial charge in [0.15, 0.2) is 0 Å². The van der Waals surface area contributed by atoms with Gasteiger partial charge in [-0.15, -0.1) is 0 Å². The predicted molar refractivity (Wildman–Crippen MR) is 109 cm³/mol. The van der Waals surface area contributed by atoms with Crippen LogP contribution in [0.5, 0.6) is 5.88 Å². The number of fused-ring (bicyclic) bond motifs is 2. The van der Waals surface area contributed by atoms with Gasteiger partial charge >= 0.3 is 6.09 Å². The number of amides is 1. The second-order valence-electron chi connectivity index (χ2n) is 6.47. The Kier molecular flexibility index (Phi) is 4.91. The molecule has 0 fully saturated rings. The molecule has 2 aromatic carbocycles. The number of hydrogen-bond acceptors (Lipinski definition) is 2. The van der Waals surface area contributed by atoms with Gasteiger partial charge in [-0.05, 0) is 49.2 Å². The van der Waals surface area contributed by atoms with Crippen LogP contribution in [-0.4, -0.2) is 22.6 Å². The highest BCUT2D eigenvalue weighted by Crippen LogP contribution is 2.29. The molecule has 0 unspecified atom stereocenters. The first-order valence-corrected chi connectivity index (χ1v) is 9.36. The van der Waals surface area contributed by atoms with Crippen LogP contribution in [0.1, 0.15) is 11.3 Å². The number of ether oxygens (including phenoxy) is 1. The Balaban J connectivity index is 1.41. The van der Waals surface area contributed by atoms with Crippen LogP contribution in [0.25, 0.3) is 21.8 Å². The fraction of sp³-hybridized carbons (Fsp3) is 0.150. The first-order valence-electron chi connectivity index (χ1n) is 8.61. The fourth-order valence-electron chi connectivity index (χ4n) is 3.28. The zero-order valence-corrected chi connectivity index (χ0v) is 16.3. The number of carbonyl (C=O) groups excluding carboxylic acids is 1. The molecule has 0 aliphatic rings. The zero-order valence-electron chi connectivity index (χ0n) is 14.8. The Labute approximate surface area is 169 Å². The molecule has 4 aromatic rings. The Morgan fingerprint density at radius 3 is 2.82 bits per heavy atom. The summed E-state index contributed by atoms with van der Waals surface area (Å²) in [6, 6.07) is 9.76. The molecule has 2 heterocycles. The Hall–Kier alpha value is -2.70. The molecule has 0 atom stereocenters. The van der Waals surface area contributed by atoms with Gasteiger partial charge in [-0.1, -0.05) is 23.2 Å². The molecule has 0 spiro atoms. The molecule has 0 aliphatic carbocycles. The fourth-order valence-corrected chi connectivity index (χ4v) is 3.72. The van der Waals surface area contributed by atoms with Crippen molar-refractivity contribution in [3.05, 3.63) is 63.5 Å². The van der Waals surface area contributed by atoms with E-state index in [1.807, 2.05) is 13.0 Å². The Morgan fingerprint density at radius 1 is 1.18 bits per heavy atom. The minimum Gasteiger partial charge on any atom is -0.393 e. The van der Waals surface area contributed by atoms with E-state index in [0.717, 1.165) is 22.2 Å². The molecule has 28 heavy (non-hydrogen) atoms.